The highest BCUT2D eigenvalue weighted by Gasteiger charge is 2.32. The first-order chi connectivity index (χ1) is 11.7. The molecule has 0 saturated carbocycles. The number of amides is 1. The summed E-state index contributed by atoms with van der Waals surface area (Å²) in [6.45, 7) is 2.53. The van der Waals surface area contributed by atoms with Gasteiger partial charge in [0.15, 0.2) is 5.78 Å². The quantitative estimate of drug-likeness (QED) is 0.792. The van der Waals surface area contributed by atoms with E-state index in [1.807, 2.05) is 0 Å². The van der Waals surface area contributed by atoms with Crippen molar-refractivity contribution in [3.63, 3.8) is 0 Å². The van der Waals surface area contributed by atoms with Gasteiger partial charge in [0.2, 0.25) is 5.91 Å². The van der Waals surface area contributed by atoms with Crippen molar-refractivity contribution in [2.24, 2.45) is 0 Å². The molecule has 25 heavy (non-hydrogen) atoms. The molecule has 0 fully saturated rings. The molecule has 2 aromatic carbocycles. The fraction of sp³-hybridized carbons (Fsp3) is 0.222. The summed E-state index contributed by atoms with van der Waals surface area (Å²) in [6.07, 6.45) is -4.45. The van der Waals surface area contributed by atoms with E-state index in [2.05, 4.69) is 10.6 Å². The van der Waals surface area contributed by atoms with E-state index >= 15 is 0 Å². The highest BCUT2D eigenvalue weighted by atomic mass is 19.4. The Morgan fingerprint density at radius 3 is 2.40 bits per heavy atom. The van der Waals surface area contributed by atoms with Crippen LogP contribution < -0.4 is 10.6 Å². The van der Waals surface area contributed by atoms with Crippen molar-refractivity contribution in [1.29, 1.82) is 0 Å². The molecular formula is C18H17F3N2O2. The van der Waals surface area contributed by atoms with Crippen LogP contribution in [0, 0.1) is 6.92 Å². The van der Waals surface area contributed by atoms with Gasteiger partial charge in [-0.25, -0.2) is 0 Å². The van der Waals surface area contributed by atoms with Crippen molar-refractivity contribution >= 4 is 23.1 Å². The zero-order valence-electron chi connectivity index (χ0n) is 13.7. The van der Waals surface area contributed by atoms with Crippen LogP contribution in [0.25, 0.3) is 0 Å². The van der Waals surface area contributed by atoms with Gasteiger partial charge in [-0.15, -0.1) is 0 Å². The van der Waals surface area contributed by atoms with Crippen LogP contribution in [0.3, 0.4) is 0 Å². The number of rotatable bonds is 5. The lowest BCUT2D eigenvalue weighted by molar-refractivity contribution is -0.138. The Kier molecular flexibility index (Phi) is 5.46. The van der Waals surface area contributed by atoms with Gasteiger partial charge in [-0.3, -0.25) is 9.59 Å². The Hall–Kier alpha value is -2.83. The minimum atomic E-state index is -4.45. The number of hydrogen-bond acceptors (Lipinski definition) is 3. The van der Waals surface area contributed by atoms with Crippen LogP contribution in [0.2, 0.25) is 0 Å². The number of hydrogen-bond donors (Lipinski definition) is 2. The number of anilines is 2. The Bertz CT molecular complexity index is 801. The van der Waals surface area contributed by atoms with Gasteiger partial charge in [0.1, 0.15) is 0 Å². The fourth-order valence-corrected chi connectivity index (χ4v) is 2.31. The minimum Gasteiger partial charge on any atom is -0.376 e. The van der Waals surface area contributed by atoms with E-state index in [0.29, 0.717) is 11.3 Å². The summed E-state index contributed by atoms with van der Waals surface area (Å²) in [5.74, 6) is -0.667. The molecule has 0 aliphatic rings. The SMILES string of the molecule is CC(=O)c1ccccc1NC(=O)CNc1ccc(C)c(C(F)(F)F)c1. The van der Waals surface area contributed by atoms with Crippen LogP contribution >= 0.6 is 0 Å². The lowest BCUT2D eigenvalue weighted by atomic mass is 10.1. The van der Waals surface area contributed by atoms with E-state index in [1.165, 1.54) is 26.0 Å². The van der Waals surface area contributed by atoms with Crippen molar-refractivity contribution in [2.75, 3.05) is 17.2 Å². The number of aryl methyl sites for hydroxylation is 1. The number of nitrogens with one attached hydrogen (secondary N) is 2. The van der Waals surface area contributed by atoms with Crippen LogP contribution in [0.1, 0.15) is 28.4 Å². The van der Waals surface area contributed by atoms with Gasteiger partial charge in [-0.1, -0.05) is 18.2 Å². The van der Waals surface area contributed by atoms with Crippen molar-refractivity contribution in [3.05, 3.63) is 59.2 Å². The molecule has 2 rings (SSSR count). The van der Waals surface area contributed by atoms with E-state index in [0.717, 1.165) is 6.07 Å². The molecule has 0 aliphatic heterocycles. The summed E-state index contributed by atoms with van der Waals surface area (Å²) in [4.78, 5) is 23.5. The van der Waals surface area contributed by atoms with Gasteiger partial charge in [-0.05, 0) is 43.7 Å². The van der Waals surface area contributed by atoms with E-state index in [-0.39, 0.29) is 23.6 Å². The van der Waals surface area contributed by atoms with Gasteiger partial charge >= 0.3 is 6.18 Å². The van der Waals surface area contributed by atoms with E-state index < -0.39 is 17.6 Å². The number of alkyl halides is 3. The summed E-state index contributed by atoms with van der Waals surface area (Å²) in [7, 11) is 0. The number of carbonyl (C=O) groups excluding carboxylic acids is 2. The third kappa shape index (κ3) is 4.82. The number of para-hydroxylation sites is 1. The predicted molar refractivity (Wildman–Crippen MR) is 89.7 cm³/mol. The van der Waals surface area contributed by atoms with Crippen LogP contribution in [0.4, 0.5) is 24.5 Å². The zero-order valence-corrected chi connectivity index (χ0v) is 13.7. The van der Waals surface area contributed by atoms with E-state index in [1.54, 1.807) is 24.3 Å². The van der Waals surface area contributed by atoms with Gasteiger partial charge in [0.05, 0.1) is 17.8 Å². The Morgan fingerprint density at radius 1 is 1.08 bits per heavy atom. The molecule has 0 aromatic heterocycles. The van der Waals surface area contributed by atoms with Gasteiger partial charge < -0.3 is 10.6 Å². The first-order valence-corrected chi connectivity index (χ1v) is 7.50. The van der Waals surface area contributed by atoms with Crippen molar-refractivity contribution in [2.45, 2.75) is 20.0 Å². The monoisotopic (exact) mass is 350 g/mol. The molecule has 1 amide bonds. The lowest BCUT2D eigenvalue weighted by Crippen LogP contribution is -2.23. The molecule has 0 spiro atoms. The molecule has 0 radical (unpaired) electrons. The molecule has 0 atom stereocenters. The molecule has 0 saturated heterocycles. The van der Waals surface area contributed by atoms with E-state index in [4.69, 9.17) is 0 Å². The molecule has 0 aliphatic carbocycles. The maximum absolute atomic E-state index is 12.9. The largest absolute Gasteiger partial charge is 0.416 e. The fourth-order valence-electron chi connectivity index (χ4n) is 2.31. The topological polar surface area (TPSA) is 58.2 Å². The molecular weight excluding hydrogens is 333 g/mol. The first-order valence-electron chi connectivity index (χ1n) is 7.50. The number of halogens is 3. The maximum Gasteiger partial charge on any atom is 0.416 e. The molecule has 0 bridgehead atoms. The van der Waals surface area contributed by atoms with Crippen LogP contribution in [-0.2, 0) is 11.0 Å². The molecule has 0 unspecified atom stereocenters. The van der Waals surface area contributed by atoms with Gasteiger partial charge in [0, 0.05) is 11.3 Å². The second-order valence-corrected chi connectivity index (χ2v) is 5.53. The number of Topliss-reactive ketones (excluding diaryl/α,β-unsaturated/α-hetero) is 1. The predicted octanol–water partition coefficient (Wildman–Crippen LogP) is 4.27. The smallest absolute Gasteiger partial charge is 0.376 e. The number of benzene rings is 2. The average molecular weight is 350 g/mol. The normalized spacial score (nSPS) is 11.1. The summed E-state index contributed by atoms with van der Waals surface area (Å²) in [5.41, 5.74) is 0.276. The Labute approximate surface area is 143 Å². The second kappa shape index (κ2) is 7.38. The van der Waals surface area contributed by atoms with Crippen molar-refractivity contribution < 1.29 is 22.8 Å². The van der Waals surface area contributed by atoms with Crippen LogP contribution in [-0.4, -0.2) is 18.2 Å². The van der Waals surface area contributed by atoms with Gasteiger partial charge in [-0.2, -0.15) is 13.2 Å². The average Bonchev–Trinajstić information content (AvgIpc) is 2.53. The molecule has 2 N–H and O–H groups in total. The molecule has 0 heterocycles. The summed E-state index contributed by atoms with van der Waals surface area (Å²) in [6, 6.07) is 10.3. The van der Waals surface area contributed by atoms with Crippen LogP contribution in [0.15, 0.2) is 42.5 Å². The number of ketones is 1. The molecule has 7 heteroatoms. The standard InChI is InChI=1S/C18H17F3N2O2/c1-11-7-8-13(9-15(11)18(19,20)21)22-10-17(25)23-16-6-4-3-5-14(16)12(2)24/h3-9,22H,10H2,1-2H3,(H,23,25). The Morgan fingerprint density at radius 2 is 1.76 bits per heavy atom. The second-order valence-electron chi connectivity index (χ2n) is 5.53. The highest BCUT2D eigenvalue weighted by Crippen LogP contribution is 2.33. The first kappa shape index (κ1) is 18.5. The van der Waals surface area contributed by atoms with Gasteiger partial charge in [0.25, 0.3) is 0 Å². The van der Waals surface area contributed by atoms with Crippen LogP contribution in [0.5, 0.6) is 0 Å². The van der Waals surface area contributed by atoms with Crippen molar-refractivity contribution in [3.8, 4) is 0 Å². The van der Waals surface area contributed by atoms with E-state index in [9.17, 15) is 22.8 Å². The molecule has 132 valence electrons. The summed E-state index contributed by atoms with van der Waals surface area (Å²) >= 11 is 0. The molecule has 2 aromatic rings. The third-order valence-electron chi connectivity index (χ3n) is 3.58. The summed E-state index contributed by atoms with van der Waals surface area (Å²) in [5, 5.41) is 5.23. The number of carbonyl (C=O) groups is 2. The highest BCUT2D eigenvalue weighted by molar-refractivity contribution is 6.04. The third-order valence-corrected chi connectivity index (χ3v) is 3.58. The van der Waals surface area contributed by atoms with Crippen molar-refractivity contribution in [1.82, 2.24) is 0 Å². The Balaban J connectivity index is 2.05. The minimum absolute atomic E-state index is 0.109. The zero-order chi connectivity index (χ0) is 18.6. The summed E-state index contributed by atoms with van der Waals surface area (Å²) < 4.78 is 38.7. The molecule has 4 nitrogen and oxygen atoms in total. The maximum atomic E-state index is 12.9. The lowest BCUT2D eigenvalue weighted by Gasteiger charge is -2.14.